The van der Waals surface area contributed by atoms with Gasteiger partial charge in [-0.25, -0.2) is 4.98 Å². The third kappa shape index (κ3) is 7.80. The number of nitrogens with one attached hydrogen (secondary N) is 3. The van der Waals surface area contributed by atoms with Gasteiger partial charge in [0.25, 0.3) is 11.8 Å². The zero-order chi connectivity index (χ0) is 31.9. The lowest BCUT2D eigenvalue weighted by molar-refractivity contribution is -0.125. The Hall–Kier alpha value is -4.98. The Labute approximate surface area is 269 Å². The molecule has 240 valence electrons. The third-order valence-electron chi connectivity index (χ3n) is 7.73. The van der Waals surface area contributed by atoms with Gasteiger partial charge >= 0.3 is 0 Å². The summed E-state index contributed by atoms with van der Waals surface area (Å²) in [4.78, 5) is 44.9. The molecule has 46 heavy (non-hydrogen) atoms. The fourth-order valence-corrected chi connectivity index (χ4v) is 5.98. The molecule has 1 fully saturated rings. The molecule has 3 amide bonds. The van der Waals surface area contributed by atoms with Crippen LogP contribution in [0.1, 0.15) is 40.3 Å². The number of carbonyl (C=O) groups is 3. The number of benzene rings is 2. The number of H-pyrrole nitrogens is 1. The molecule has 4 aromatic rings. The Kier molecular flexibility index (Phi) is 9.72. The maximum absolute atomic E-state index is 13.5. The zero-order valence-electron chi connectivity index (χ0n) is 25.2. The summed E-state index contributed by atoms with van der Waals surface area (Å²) in [6, 6.07) is 15.8. The Balaban J connectivity index is 1.17. The van der Waals surface area contributed by atoms with E-state index in [9.17, 15) is 14.4 Å². The normalized spacial score (nSPS) is 18.9. The van der Waals surface area contributed by atoms with Gasteiger partial charge < -0.3 is 34.2 Å². The monoisotopic (exact) mass is 646 g/mol. The molecule has 0 saturated carbocycles. The van der Waals surface area contributed by atoms with Gasteiger partial charge in [-0.1, -0.05) is 30.0 Å². The first kappa shape index (κ1) is 31.0. The number of hydrogen-bond acceptors (Lipinski definition) is 10. The second-order valence-corrected chi connectivity index (χ2v) is 11.9. The van der Waals surface area contributed by atoms with Gasteiger partial charge in [-0.2, -0.15) is 5.10 Å². The fraction of sp³-hybridized carbons (Fsp3) is 0.344. The third-order valence-corrected chi connectivity index (χ3v) is 8.63. The number of nitrogens with zero attached hydrogens (tertiary/aromatic N) is 3. The van der Waals surface area contributed by atoms with Crippen molar-refractivity contribution in [3.8, 4) is 17.2 Å². The summed E-state index contributed by atoms with van der Waals surface area (Å²) in [5.74, 6) is 2.10. The van der Waals surface area contributed by atoms with Gasteiger partial charge in [0.15, 0.2) is 29.0 Å². The van der Waals surface area contributed by atoms with E-state index in [1.165, 1.54) is 25.2 Å². The SMILES string of the molecule is COc1cc2ccc1OCC(=O)N[C@@H]1CN(C(=O)c3ccc(CSc4ncn[nH]4)o3)CC[C@H]1Oc1ccc(cc1)CNC(=O)CC2. The highest BCUT2D eigenvalue weighted by molar-refractivity contribution is 7.98. The van der Waals surface area contributed by atoms with Crippen molar-refractivity contribution in [1.82, 2.24) is 30.7 Å². The van der Waals surface area contributed by atoms with Crippen LogP contribution < -0.4 is 24.8 Å². The van der Waals surface area contributed by atoms with Gasteiger partial charge in [-0.05, 0) is 53.9 Å². The summed E-state index contributed by atoms with van der Waals surface area (Å²) in [7, 11) is 1.52. The zero-order valence-corrected chi connectivity index (χ0v) is 26.0. The van der Waals surface area contributed by atoms with E-state index in [1.54, 1.807) is 29.2 Å². The summed E-state index contributed by atoms with van der Waals surface area (Å²) in [6.07, 6.45) is 2.33. The molecular weight excluding hydrogens is 612 g/mol. The molecule has 5 aliphatic rings. The number of thioether (sulfide) groups is 1. The van der Waals surface area contributed by atoms with Crippen LogP contribution in [0.15, 0.2) is 70.5 Å². The molecule has 7 heterocycles. The van der Waals surface area contributed by atoms with Crippen molar-refractivity contribution in [2.24, 2.45) is 0 Å². The van der Waals surface area contributed by atoms with Crippen LogP contribution in [0.25, 0.3) is 0 Å². The van der Waals surface area contributed by atoms with E-state index in [4.69, 9.17) is 18.6 Å². The van der Waals surface area contributed by atoms with E-state index in [0.29, 0.717) is 66.3 Å². The summed E-state index contributed by atoms with van der Waals surface area (Å²) < 4.78 is 23.5. The Morgan fingerprint density at radius 1 is 1.07 bits per heavy atom. The molecular formula is C32H34N6O7S. The van der Waals surface area contributed by atoms with Crippen LogP contribution in [0, 0.1) is 0 Å². The molecule has 4 bridgehead atoms. The maximum Gasteiger partial charge on any atom is 0.289 e. The highest BCUT2D eigenvalue weighted by Crippen LogP contribution is 2.29. The minimum Gasteiger partial charge on any atom is -0.493 e. The molecule has 2 atom stereocenters. The standard InChI is InChI=1S/C32H34N6O7S/c1-42-28-14-20-4-9-26(28)43-17-30(40)36-24-16-38(31(41)27-10-8-23(45-27)18-46-32-34-19-35-37-32)13-12-25(24)44-22-6-2-21(3-7-22)15-33-29(39)11-5-20/h2-4,6-10,14,19,24-25H,5,11-13,15-18H2,1H3,(H,33,39)(H,36,40)(H,34,35,37)/t24-,25-/m1/s1. The summed E-state index contributed by atoms with van der Waals surface area (Å²) in [6.45, 7) is 0.735. The molecule has 3 N–H and O–H groups in total. The van der Waals surface area contributed by atoms with Crippen LogP contribution >= 0.6 is 11.8 Å². The van der Waals surface area contributed by atoms with Gasteiger partial charge in [0.05, 0.1) is 18.9 Å². The van der Waals surface area contributed by atoms with E-state index < -0.39 is 12.1 Å². The van der Waals surface area contributed by atoms with Gasteiger partial charge in [0, 0.05) is 32.5 Å². The molecule has 5 aliphatic heterocycles. The minimum atomic E-state index is -0.529. The predicted molar refractivity (Wildman–Crippen MR) is 167 cm³/mol. The van der Waals surface area contributed by atoms with Crippen molar-refractivity contribution >= 4 is 29.5 Å². The van der Waals surface area contributed by atoms with Crippen LogP contribution in [0.4, 0.5) is 0 Å². The number of aromatic nitrogens is 3. The molecule has 14 heteroatoms. The molecule has 0 spiro atoms. The number of furan rings is 1. The molecule has 9 rings (SSSR count). The number of aryl methyl sites for hydroxylation is 1. The first-order valence-electron chi connectivity index (χ1n) is 14.9. The van der Waals surface area contributed by atoms with Gasteiger partial charge in [0.2, 0.25) is 5.91 Å². The quantitative estimate of drug-likeness (QED) is 0.275. The first-order chi connectivity index (χ1) is 22.4. The number of piperidine rings is 1. The highest BCUT2D eigenvalue weighted by atomic mass is 32.2. The smallest absolute Gasteiger partial charge is 0.289 e. The van der Waals surface area contributed by atoms with Crippen molar-refractivity contribution in [3.63, 3.8) is 0 Å². The lowest BCUT2D eigenvalue weighted by atomic mass is 10.0. The number of carbonyl (C=O) groups excluding carboxylic acids is 3. The van der Waals surface area contributed by atoms with Crippen LogP contribution in [-0.2, 0) is 28.3 Å². The van der Waals surface area contributed by atoms with Crippen LogP contribution in [0.3, 0.4) is 0 Å². The second-order valence-electron chi connectivity index (χ2n) is 10.9. The molecule has 1 saturated heterocycles. The van der Waals surface area contributed by atoms with E-state index in [2.05, 4.69) is 25.8 Å². The van der Waals surface area contributed by atoms with E-state index in [-0.39, 0.29) is 36.6 Å². The largest absolute Gasteiger partial charge is 0.493 e. The number of likely N-dealkylation sites (tertiary alicyclic amines) is 1. The van der Waals surface area contributed by atoms with Crippen molar-refractivity contribution in [2.75, 3.05) is 26.8 Å². The molecule has 13 nitrogen and oxygen atoms in total. The van der Waals surface area contributed by atoms with Crippen LogP contribution in [0.2, 0.25) is 0 Å². The number of rotatable bonds is 5. The van der Waals surface area contributed by atoms with E-state index in [1.807, 2.05) is 30.3 Å². The maximum atomic E-state index is 13.5. The molecule has 0 radical (unpaired) electrons. The van der Waals surface area contributed by atoms with Gasteiger partial charge in [0.1, 0.15) is 23.9 Å². The summed E-state index contributed by atoms with van der Waals surface area (Å²) in [5.41, 5.74) is 1.84. The van der Waals surface area contributed by atoms with Crippen LogP contribution in [-0.4, -0.2) is 76.8 Å². The topological polar surface area (TPSA) is 161 Å². The predicted octanol–water partition coefficient (Wildman–Crippen LogP) is 3.12. The van der Waals surface area contributed by atoms with Crippen molar-refractivity contribution in [3.05, 3.63) is 83.6 Å². The molecule has 2 aromatic heterocycles. The Bertz CT molecular complexity index is 1660. The summed E-state index contributed by atoms with van der Waals surface area (Å²) in [5, 5.41) is 13.2. The molecule has 2 aromatic carbocycles. The number of ether oxygens (including phenoxy) is 3. The number of methoxy groups -OCH3 is 1. The first-order valence-corrected chi connectivity index (χ1v) is 15.9. The highest BCUT2D eigenvalue weighted by Gasteiger charge is 2.35. The lowest BCUT2D eigenvalue weighted by Crippen LogP contribution is -2.58. The molecule has 0 aliphatic carbocycles. The fourth-order valence-electron chi connectivity index (χ4n) is 5.31. The average Bonchev–Trinajstić information content (AvgIpc) is 3.78. The van der Waals surface area contributed by atoms with Gasteiger partial charge in [-0.15, -0.1) is 0 Å². The number of aromatic amines is 1. The summed E-state index contributed by atoms with van der Waals surface area (Å²) >= 11 is 1.41. The molecule has 0 unspecified atom stereocenters. The van der Waals surface area contributed by atoms with Crippen molar-refractivity contribution < 1.29 is 33.0 Å². The Morgan fingerprint density at radius 2 is 1.91 bits per heavy atom. The van der Waals surface area contributed by atoms with Crippen LogP contribution in [0.5, 0.6) is 17.2 Å². The van der Waals surface area contributed by atoms with Crippen molar-refractivity contribution in [1.29, 1.82) is 0 Å². The lowest BCUT2D eigenvalue weighted by Gasteiger charge is -2.38. The minimum absolute atomic E-state index is 0.0639. The second kappa shape index (κ2) is 14.4. The van der Waals surface area contributed by atoms with Crippen molar-refractivity contribution in [2.45, 2.75) is 48.9 Å². The number of amides is 3. The number of hydrogen-bond donors (Lipinski definition) is 3. The van der Waals surface area contributed by atoms with Gasteiger partial charge in [-0.3, -0.25) is 19.5 Å². The Morgan fingerprint density at radius 3 is 2.72 bits per heavy atom. The average molecular weight is 647 g/mol. The van der Waals surface area contributed by atoms with E-state index in [0.717, 1.165) is 11.1 Å². The van der Waals surface area contributed by atoms with E-state index >= 15 is 0 Å².